The molecule has 6 nitrogen and oxygen atoms in total. The first-order valence-corrected chi connectivity index (χ1v) is 9.03. The molecule has 154 valence electrons. The summed E-state index contributed by atoms with van der Waals surface area (Å²) in [5, 5.41) is 8.63. The largest absolute Gasteiger partial charge is 0.508 e. The van der Waals surface area contributed by atoms with Crippen LogP contribution in [-0.4, -0.2) is 33.1 Å². The molecule has 3 rings (SSSR count). The van der Waals surface area contributed by atoms with Gasteiger partial charge in [0.05, 0.1) is 6.61 Å². The van der Waals surface area contributed by atoms with Crippen LogP contribution >= 0.6 is 0 Å². The zero-order valence-electron chi connectivity index (χ0n) is 16.6. The number of aromatic amines is 1. The Morgan fingerprint density at radius 1 is 0.964 bits per heavy atom. The molecule has 6 heteroatoms. The Hall–Kier alpha value is -3.12. The number of unbranched alkanes of at least 4 members (excludes halogenated alkanes) is 1. The number of nitrogens with one attached hydrogen (secondary N) is 1. The van der Waals surface area contributed by atoms with Crippen molar-refractivity contribution in [3.05, 3.63) is 85.5 Å². The Balaban J connectivity index is 0. The second-order valence-corrected chi connectivity index (χ2v) is 5.17. The molecule has 0 bridgehead atoms. The summed E-state index contributed by atoms with van der Waals surface area (Å²) in [6.07, 6.45) is 9.80. The number of carbonyl (C=O) groups is 1. The number of H-pyrrole nitrogens is 1. The third-order valence-corrected chi connectivity index (χ3v) is 2.87. The van der Waals surface area contributed by atoms with Crippen molar-refractivity contribution in [2.45, 2.75) is 33.1 Å². The van der Waals surface area contributed by atoms with E-state index < -0.39 is 0 Å². The molecule has 2 heterocycles. The predicted octanol–water partition coefficient (Wildman–Crippen LogP) is 4.40. The van der Waals surface area contributed by atoms with Gasteiger partial charge in [0.2, 0.25) is 0 Å². The molecule has 0 saturated carbocycles. The topological polar surface area (TPSA) is 107 Å². The molecule has 3 aromatic rings. The Bertz CT molecular complexity index is 588. The molecule has 0 amide bonds. The number of nitrogens with zero attached hydrogens (tertiary/aromatic N) is 1. The van der Waals surface area contributed by atoms with Crippen molar-refractivity contribution in [2.24, 2.45) is 0 Å². The highest BCUT2D eigenvalue weighted by atomic mass is 16.5. The van der Waals surface area contributed by atoms with Crippen LogP contribution in [0, 0.1) is 0 Å². The van der Waals surface area contributed by atoms with E-state index in [4.69, 9.17) is 9.84 Å². The normalized spacial score (nSPS) is 8.21. The monoisotopic (exact) mass is 388 g/mol. The van der Waals surface area contributed by atoms with Crippen molar-refractivity contribution in [3.8, 4) is 5.75 Å². The van der Waals surface area contributed by atoms with Gasteiger partial charge in [0, 0.05) is 31.2 Å². The summed E-state index contributed by atoms with van der Waals surface area (Å²) in [6, 6.07) is 18.3. The lowest BCUT2D eigenvalue weighted by Crippen LogP contribution is -2.02. The van der Waals surface area contributed by atoms with Gasteiger partial charge in [0.1, 0.15) is 5.75 Å². The summed E-state index contributed by atoms with van der Waals surface area (Å²) in [5.74, 6) is 0.228. The van der Waals surface area contributed by atoms with Gasteiger partial charge in [-0.2, -0.15) is 0 Å². The van der Waals surface area contributed by atoms with E-state index in [2.05, 4.69) is 16.9 Å². The average Bonchev–Trinajstić information content (AvgIpc) is 3.31. The SMILES string of the molecule is CCCCOC(=O)CC.O.Oc1ccccc1.c1cc[nH]c1.c1ccncc1. The summed E-state index contributed by atoms with van der Waals surface area (Å²) in [5.41, 5.74) is 0. The zero-order valence-corrected chi connectivity index (χ0v) is 16.6. The second-order valence-electron chi connectivity index (χ2n) is 5.17. The van der Waals surface area contributed by atoms with E-state index in [9.17, 15) is 4.79 Å². The van der Waals surface area contributed by atoms with Crippen LogP contribution in [0.15, 0.2) is 85.5 Å². The molecule has 4 N–H and O–H groups in total. The molecule has 1 aromatic carbocycles. The van der Waals surface area contributed by atoms with Gasteiger partial charge in [-0.25, -0.2) is 0 Å². The van der Waals surface area contributed by atoms with Crippen LogP contribution in [0.25, 0.3) is 0 Å². The molecule has 0 fully saturated rings. The van der Waals surface area contributed by atoms with Crippen LogP contribution in [0.3, 0.4) is 0 Å². The van der Waals surface area contributed by atoms with Gasteiger partial charge in [-0.15, -0.1) is 0 Å². The number of hydrogen-bond acceptors (Lipinski definition) is 4. The van der Waals surface area contributed by atoms with Gasteiger partial charge in [0.15, 0.2) is 0 Å². The van der Waals surface area contributed by atoms with Crippen LogP contribution in [0.1, 0.15) is 33.1 Å². The minimum Gasteiger partial charge on any atom is -0.508 e. The summed E-state index contributed by atoms with van der Waals surface area (Å²) in [4.78, 5) is 17.1. The number of aromatic nitrogens is 2. The van der Waals surface area contributed by atoms with Crippen molar-refractivity contribution < 1.29 is 20.1 Å². The van der Waals surface area contributed by atoms with Crippen LogP contribution < -0.4 is 0 Å². The van der Waals surface area contributed by atoms with E-state index in [0.29, 0.717) is 18.8 Å². The van der Waals surface area contributed by atoms with Crippen LogP contribution in [0.4, 0.5) is 0 Å². The van der Waals surface area contributed by atoms with E-state index in [1.807, 2.05) is 48.8 Å². The Morgan fingerprint density at radius 3 is 1.82 bits per heavy atom. The molecule has 28 heavy (non-hydrogen) atoms. The molecule has 0 aliphatic rings. The summed E-state index contributed by atoms with van der Waals surface area (Å²) < 4.78 is 4.79. The van der Waals surface area contributed by atoms with Crippen LogP contribution in [0.5, 0.6) is 5.75 Å². The Kier molecular flexibility index (Phi) is 21.2. The van der Waals surface area contributed by atoms with Crippen LogP contribution in [-0.2, 0) is 9.53 Å². The minimum absolute atomic E-state index is 0. The predicted molar refractivity (Wildman–Crippen MR) is 113 cm³/mol. The highest BCUT2D eigenvalue weighted by molar-refractivity contribution is 5.68. The zero-order chi connectivity index (χ0) is 20.0. The van der Waals surface area contributed by atoms with Crippen molar-refractivity contribution >= 4 is 5.97 Å². The van der Waals surface area contributed by atoms with Crippen molar-refractivity contribution in [3.63, 3.8) is 0 Å². The van der Waals surface area contributed by atoms with E-state index >= 15 is 0 Å². The molecule has 0 aliphatic carbocycles. The maximum absolute atomic E-state index is 10.5. The highest BCUT2D eigenvalue weighted by Gasteiger charge is 1.94. The maximum Gasteiger partial charge on any atom is 0.305 e. The number of pyridine rings is 1. The highest BCUT2D eigenvalue weighted by Crippen LogP contribution is 2.02. The number of ether oxygens (including phenoxy) is 1. The minimum atomic E-state index is -0.0940. The van der Waals surface area contributed by atoms with Gasteiger partial charge in [-0.1, -0.05) is 44.5 Å². The number of phenols is 1. The molecule has 0 unspecified atom stereocenters. The molecular formula is C22H32N2O4. The Labute approximate surface area is 167 Å². The fourth-order valence-electron chi connectivity index (χ4n) is 1.45. The fourth-order valence-corrected chi connectivity index (χ4v) is 1.45. The molecule has 0 atom stereocenters. The molecule has 0 saturated heterocycles. The van der Waals surface area contributed by atoms with Gasteiger partial charge < -0.3 is 20.3 Å². The van der Waals surface area contributed by atoms with Gasteiger partial charge in [-0.3, -0.25) is 9.78 Å². The lowest BCUT2D eigenvalue weighted by molar-refractivity contribution is -0.143. The van der Waals surface area contributed by atoms with Crippen molar-refractivity contribution in [1.29, 1.82) is 0 Å². The number of aromatic hydroxyl groups is 1. The number of phenolic OH excluding ortho intramolecular Hbond substituents is 1. The third kappa shape index (κ3) is 20.9. The third-order valence-electron chi connectivity index (χ3n) is 2.87. The first kappa shape index (κ1) is 27.1. The number of carbonyl (C=O) groups excluding carboxylic acids is 1. The molecule has 0 aliphatic heterocycles. The van der Waals surface area contributed by atoms with E-state index in [1.165, 1.54) is 0 Å². The van der Waals surface area contributed by atoms with Crippen molar-refractivity contribution in [1.82, 2.24) is 9.97 Å². The maximum atomic E-state index is 10.5. The molecule has 0 radical (unpaired) electrons. The number of rotatable bonds is 4. The molecule has 0 spiro atoms. The standard InChI is InChI=1S/C7H14O2.C6H6O.C5H5N.C4H5N.H2O/c1-3-5-6-9-7(8)4-2;7-6-4-2-1-3-5-6;1-2-4-6-5-3-1;1-2-4-5-3-1;/h3-6H2,1-2H3;1-5,7H;1-5H;1-5H;1H2. The van der Waals surface area contributed by atoms with Gasteiger partial charge in [-0.05, 0) is 42.8 Å². The lowest BCUT2D eigenvalue weighted by atomic mass is 10.3. The summed E-state index contributed by atoms with van der Waals surface area (Å²) in [7, 11) is 0. The van der Waals surface area contributed by atoms with Crippen molar-refractivity contribution in [2.75, 3.05) is 6.61 Å². The summed E-state index contributed by atoms with van der Waals surface area (Å²) in [6.45, 7) is 4.46. The lowest BCUT2D eigenvalue weighted by Gasteiger charge is -1.99. The first-order chi connectivity index (χ1) is 13.2. The van der Waals surface area contributed by atoms with E-state index in [1.54, 1.807) is 43.6 Å². The average molecular weight is 389 g/mol. The van der Waals surface area contributed by atoms with Crippen LogP contribution in [0.2, 0.25) is 0 Å². The number of esters is 1. The quantitative estimate of drug-likeness (QED) is 0.510. The molecule has 2 aromatic heterocycles. The number of hydrogen-bond donors (Lipinski definition) is 2. The first-order valence-electron chi connectivity index (χ1n) is 9.03. The second kappa shape index (κ2) is 21.9. The fraction of sp³-hybridized carbons (Fsp3) is 0.273. The van der Waals surface area contributed by atoms with Gasteiger partial charge >= 0.3 is 5.97 Å². The smallest absolute Gasteiger partial charge is 0.305 e. The van der Waals surface area contributed by atoms with E-state index in [-0.39, 0.29) is 11.4 Å². The molecular weight excluding hydrogens is 356 g/mol. The number of para-hydroxylation sites is 1. The number of benzene rings is 1. The van der Waals surface area contributed by atoms with E-state index in [0.717, 1.165) is 12.8 Å². The van der Waals surface area contributed by atoms with Gasteiger partial charge in [0.25, 0.3) is 0 Å². The Morgan fingerprint density at radius 2 is 1.54 bits per heavy atom. The summed E-state index contributed by atoms with van der Waals surface area (Å²) >= 11 is 0.